The van der Waals surface area contributed by atoms with Crippen LogP contribution in [0.25, 0.3) is 0 Å². The molecule has 0 amide bonds. The number of anilines is 1. The van der Waals surface area contributed by atoms with E-state index in [0.29, 0.717) is 4.90 Å². The molecule has 0 radical (unpaired) electrons. The molecule has 5 heteroatoms. The van der Waals surface area contributed by atoms with Gasteiger partial charge in [-0.3, -0.25) is 0 Å². The van der Waals surface area contributed by atoms with Crippen LogP contribution in [-0.2, 0) is 9.84 Å². The van der Waals surface area contributed by atoms with E-state index in [4.69, 9.17) is 0 Å². The van der Waals surface area contributed by atoms with Gasteiger partial charge in [-0.25, -0.2) is 8.42 Å². The lowest BCUT2D eigenvalue weighted by Gasteiger charge is -2.37. The van der Waals surface area contributed by atoms with E-state index in [1.807, 2.05) is 24.1 Å². The first-order valence-electron chi connectivity index (χ1n) is 5.88. The van der Waals surface area contributed by atoms with Gasteiger partial charge in [0, 0.05) is 17.9 Å². The van der Waals surface area contributed by atoms with Crippen molar-refractivity contribution in [2.24, 2.45) is 0 Å². The third kappa shape index (κ3) is 3.06. The largest absolute Gasteiger partial charge is 0.368 e. The van der Waals surface area contributed by atoms with Crippen LogP contribution in [0.15, 0.2) is 29.2 Å². The summed E-state index contributed by atoms with van der Waals surface area (Å²) >= 11 is 3.47. The molecule has 3 nitrogen and oxygen atoms in total. The highest BCUT2D eigenvalue weighted by molar-refractivity contribution is 9.09. The Morgan fingerprint density at radius 1 is 1.28 bits per heavy atom. The lowest BCUT2D eigenvalue weighted by atomic mass is 10.1. The minimum atomic E-state index is -3.20. The Labute approximate surface area is 118 Å². The summed E-state index contributed by atoms with van der Waals surface area (Å²) < 4.78 is 24.2. The van der Waals surface area contributed by atoms with Crippen molar-refractivity contribution < 1.29 is 8.42 Å². The average Bonchev–Trinajstić information content (AvgIpc) is 2.37. The summed E-state index contributed by atoms with van der Waals surface area (Å²) in [6.07, 6.45) is 0. The van der Waals surface area contributed by atoms with Gasteiger partial charge in [-0.05, 0) is 26.0 Å². The minimum absolute atomic E-state index is 0.118. The average molecular weight is 334 g/mol. The molecule has 1 rings (SSSR count). The molecule has 0 atom stereocenters. The van der Waals surface area contributed by atoms with Gasteiger partial charge in [0.15, 0.2) is 9.84 Å². The standard InChI is InChI=1S/C13H20BrNO2S/c1-5-18(16,17)12-9-7-6-8-11(12)15(4)13(2,3)10-14/h6-9H,5,10H2,1-4H3. The highest BCUT2D eigenvalue weighted by atomic mass is 79.9. The quantitative estimate of drug-likeness (QED) is 0.777. The Morgan fingerprint density at radius 2 is 1.83 bits per heavy atom. The van der Waals surface area contributed by atoms with Gasteiger partial charge in [-0.2, -0.15) is 0 Å². The lowest BCUT2D eigenvalue weighted by Crippen LogP contribution is -2.43. The van der Waals surface area contributed by atoms with Crippen molar-refractivity contribution in [2.45, 2.75) is 31.2 Å². The van der Waals surface area contributed by atoms with Crippen molar-refractivity contribution >= 4 is 31.5 Å². The second-order valence-electron chi connectivity index (χ2n) is 4.88. The number of rotatable bonds is 5. The fraction of sp³-hybridized carbons (Fsp3) is 0.538. The van der Waals surface area contributed by atoms with Crippen LogP contribution < -0.4 is 4.90 Å². The van der Waals surface area contributed by atoms with E-state index in [9.17, 15) is 8.42 Å². The van der Waals surface area contributed by atoms with Crippen LogP contribution in [0.5, 0.6) is 0 Å². The highest BCUT2D eigenvalue weighted by Gasteiger charge is 2.27. The maximum absolute atomic E-state index is 12.1. The Hall–Kier alpha value is -0.550. The molecule has 1 aromatic rings. The van der Waals surface area contributed by atoms with E-state index in [1.54, 1.807) is 19.1 Å². The monoisotopic (exact) mass is 333 g/mol. The number of para-hydroxylation sites is 1. The molecular formula is C13H20BrNO2S. The molecule has 102 valence electrons. The van der Waals surface area contributed by atoms with Gasteiger partial charge in [0.25, 0.3) is 0 Å². The van der Waals surface area contributed by atoms with E-state index in [1.165, 1.54) is 0 Å². The van der Waals surface area contributed by atoms with Gasteiger partial charge in [-0.1, -0.05) is 35.0 Å². The Balaban J connectivity index is 3.35. The van der Waals surface area contributed by atoms with Gasteiger partial charge in [0.2, 0.25) is 0 Å². The number of hydrogen-bond acceptors (Lipinski definition) is 3. The SMILES string of the molecule is CCS(=O)(=O)c1ccccc1N(C)C(C)(C)CBr. The van der Waals surface area contributed by atoms with Crippen molar-refractivity contribution in [3.63, 3.8) is 0 Å². The maximum atomic E-state index is 12.1. The minimum Gasteiger partial charge on any atom is -0.368 e. The van der Waals surface area contributed by atoms with E-state index in [2.05, 4.69) is 29.8 Å². The van der Waals surface area contributed by atoms with Crippen molar-refractivity contribution in [2.75, 3.05) is 23.0 Å². The molecule has 0 saturated carbocycles. The second kappa shape index (κ2) is 5.61. The number of benzene rings is 1. The molecule has 0 aromatic heterocycles. The van der Waals surface area contributed by atoms with Gasteiger partial charge >= 0.3 is 0 Å². The fourth-order valence-corrected chi connectivity index (χ4v) is 3.07. The van der Waals surface area contributed by atoms with E-state index in [-0.39, 0.29) is 11.3 Å². The van der Waals surface area contributed by atoms with Crippen LogP contribution in [0.1, 0.15) is 20.8 Å². The van der Waals surface area contributed by atoms with Crippen LogP contribution in [-0.4, -0.2) is 32.1 Å². The third-order valence-electron chi connectivity index (χ3n) is 3.18. The topological polar surface area (TPSA) is 37.4 Å². The zero-order valence-electron chi connectivity index (χ0n) is 11.3. The molecule has 0 spiro atoms. The van der Waals surface area contributed by atoms with Crippen LogP contribution in [0.4, 0.5) is 5.69 Å². The zero-order chi connectivity index (χ0) is 14.0. The van der Waals surface area contributed by atoms with Crippen molar-refractivity contribution in [1.29, 1.82) is 0 Å². The van der Waals surface area contributed by atoms with Crippen LogP contribution >= 0.6 is 15.9 Å². The maximum Gasteiger partial charge on any atom is 0.180 e. The first-order chi connectivity index (χ1) is 8.26. The van der Waals surface area contributed by atoms with Crippen LogP contribution in [0.3, 0.4) is 0 Å². The van der Waals surface area contributed by atoms with Gasteiger partial charge in [0.1, 0.15) is 0 Å². The molecule has 1 aromatic carbocycles. The number of halogens is 1. The molecule has 0 saturated heterocycles. The van der Waals surface area contributed by atoms with E-state index >= 15 is 0 Å². The smallest absolute Gasteiger partial charge is 0.180 e. The molecule has 0 N–H and O–H groups in total. The summed E-state index contributed by atoms with van der Waals surface area (Å²) in [4.78, 5) is 2.41. The van der Waals surface area contributed by atoms with E-state index < -0.39 is 9.84 Å². The summed E-state index contributed by atoms with van der Waals surface area (Å²) in [5.74, 6) is 0.118. The van der Waals surface area contributed by atoms with Gasteiger partial charge < -0.3 is 4.90 Å². The summed E-state index contributed by atoms with van der Waals surface area (Å²) in [5, 5.41) is 0.761. The first-order valence-corrected chi connectivity index (χ1v) is 8.65. The van der Waals surface area contributed by atoms with E-state index in [0.717, 1.165) is 11.0 Å². The zero-order valence-corrected chi connectivity index (χ0v) is 13.7. The lowest BCUT2D eigenvalue weighted by molar-refractivity contribution is 0.547. The summed E-state index contributed by atoms with van der Waals surface area (Å²) in [6, 6.07) is 7.16. The number of alkyl halides is 1. The third-order valence-corrected chi connectivity index (χ3v) is 6.32. The van der Waals surface area contributed by atoms with Gasteiger partial charge in [0.05, 0.1) is 16.3 Å². The first kappa shape index (κ1) is 15.5. The van der Waals surface area contributed by atoms with Crippen molar-refractivity contribution in [3.8, 4) is 0 Å². The molecule has 0 aliphatic carbocycles. The number of nitrogens with zero attached hydrogens (tertiary/aromatic N) is 1. The van der Waals surface area contributed by atoms with Crippen LogP contribution in [0, 0.1) is 0 Å². The number of sulfone groups is 1. The normalized spacial score (nSPS) is 12.5. The predicted molar refractivity (Wildman–Crippen MR) is 80.4 cm³/mol. The Morgan fingerprint density at radius 3 is 2.33 bits per heavy atom. The van der Waals surface area contributed by atoms with Crippen LogP contribution in [0.2, 0.25) is 0 Å². The summed E-state index contributed by atoms with van der Waals surface area (Å²) in [7, 11) is -1.28. The molecule has 0 aliphatic heterocycles. The molecule has 0 unspecified atom stereocenters. The molecular weight excluding hydrogens is 314 g/mol. The second-order valence-corrected chi connectivity index (χ2v) is 7.68. The Bertz CT molecular complexity index is 511. The molecule has 18 heavy (non-hydrogen) atoms. The Kier molecular flexibility index (Phi) is 4.84. The molecule has 0 fully saturated rings. The molecule has 0 aliphatic rings. The van der Waals surface area contributed by atoms with Crippen molar-refractivity contribution in [1.82, 2.24) is 0 Å². The molecule has 0 heterocycles. The highest BCUT2D eigenvalue weighted by Crippen LogP contribution is 2.30. The predicted octanol–water partition coefficient (Wildman–Crippen LogP) is 3.09. The van der Waals surface area contributed by atoms with Gasteiger partial charge in [-0.15, -0.1) is 0 Å². The van der Waals surface area contributed by atoms with Crippen molar-refractivity contribution in [3.05, 3.63) is 24.3 Å². The molecule has 0 bridgehead atoms. The number of hydrogen-bond donors (Lipinski definition) is 0. The fourth-order valence-electron chi connectivity index (χ4n) is 1.57. The summed E-state index contributed by atoms with van der Waals surface area (Å²) in [6.45, 7) is 5.80. The summed E-state index contributed by atoms with van der Waals surface area (Å²) in [5.41, 5.74) is 0.600.